The Hall–Kier alpha value is -2.40. The molecule has 1 heterocycles. The van der Waals surface area contributed by atoms with Gasteiger partial charge in [0.25, 0.3) is 0 Å². The van der Waals surface area contributed by atoms with Crippen LogP contribution in [0.15, 0.2) is 35.7 Å². The predicted octanol–water partition coefficient (Wildman–Crippen LogP) is 3.17. The van der Waals surface area contributed by atoms with E-state index in [9.17, 15) is 18.0 Å². The summed E-state index contributed by atoms with van der Waals surface area (Å²) in [4.78, 5) is 17.4. The van der Waals surface area contributed by atoms with Gasteiger partial charge in [0, 0.05) is 11.9 Å². The number of aromatic nitrogens is 2. The summed E-state index contributed by atoms with van der Waals surface area (Å²) < 4.78 is 39.7. The van der Waals surface area contributed by atoms with Gasteiger partial charge in [-0.15, -0.1) is 0 Å². The van der Waals surface area contributed by atoms with Crippen LogP contribution in [0.5, 0.6) is 0 Å². The average Bonchev–Trinajstić information content (AvgIpc) is 2.75. The minimum absolute atomic E-state index is 0.105. The van der Waals surface area contributed by atoms with Crippen molar-refractivity contribution in [2.45, 2.75) is 13.1 Å². The largest absolute Gasteiger partial charge is 0.416 e. The lowest BCUT2D eigenvalue weighted by Crippen LogP contribution is -2.06. The molecule has 0 unspecified atom stereocenters. The molecule has 0 bridgehead atoms. The number of carbonyl (C=O) groups excluding carboxylic acids is 1. The highest BCUT2D eigenvalue weighted by atomic mass is 19.4. The fraction of sp³-hybridized carbons (Fsp3) is 0.167. The Labute approximate surface area is 106 Å². The lowest BCUT2D eigenvalue weighted by Gasteiger charge is -2.10. The highest BCUT2D eigenvalue weighted by molar-refractivity contribution is 5.56. The molecule has 0 aliphatic heterocycles. The second-order valence-electron chi connectivity index (χ2n) is 3.86. The van der Waals surface area contributed by atoms with Crippen LogP contribution in [0.25, 0.3) is 5.69 Å². The molecule has 0 saturated carbocycles. The Kier molecular flexibility index (Phi) is 3.23. The van der Waals surface area contributed by atoms with Crippen molar-refractivity contribution in [3.8, 4) is 5.69 Å². The van der Waals surface area contributed by atoms with Crippen LogP contribution >= 0.6 is 0 Å². The summed E-state index contributed by atoms with van der Waals surface area (Å²) in [5, 5.41) is 0. The topological polar surface area (TPSA) is 47.2 Å². The van der Waals surface area contributed by atoms with Crippen molar-refractivity contribution >= 4 is 11.8 Å². The SMILES string of the molecule is Cc1cn(-c2cc(N=C=O)cc(C(F)(F)F)c2)cn1. The van der Waals surface area contributed by atoms with Gasteiger partial charge in [-0.25, -0.2) is 9.78 Å². The molecular weight excluding hydrogens is 259 g/mol. The van der Waals surface area contributed by atoms with Crippen LogP contribution in [0.3, 0.4) is 0 Å². The number of nitrogens with zero attached hydrogens (tertiary/aromatic N) is 3. The van der Waals surface area contributed by atoms with E-state index in [0.717, 1.165) is 12.1 Å². The number of benzene rings is 1. The number of hydrogen-bond donors (Lipinski definition) is 0. The molecule has 7 heteroatoms. The van der Waals surface area contributed by atoms with E-state index in [1.807, 2.05) is 0 Å². The van der Waals surface area contributed by atoms with Gasteiger partial charge in [-0.1, -0.05) is 0 Å². The first-order chi connectivity index (χ1) is 8.90. The van der Waals surface area contributed by atoms with E-state index in [-0.39, 0.29) is 11.4 Å². The first-order valence-corrected chi connectivity index (χ1v) is 5.21. The fourth-order valence-electron chi connectivity index (χ4n) is 1.59. The van der Waals surface area contributed by atoms with Gasteiger partial charge in [0.1, 0.15) is 0 Å². The molecule has 0 aliphatic rings. The molecule has 4 nitrogen and oxygen atoms in total. The molecule has 1 aromatic carbocycles. The summed E-state index contributed by atoms with van der Waals surface area (Å²) in [6.07, 6.45) is -0.324. The van der Waals surface area contributed by atoms with Gasteiger partial charge in [-0.3, -0.25) is 0 Å². The number of aliphatic imine (C=N–C) groups is 1. The van der Waals surface area contributed by atoms with E-state index < -0.39 is 11.7 Å². The van der Waals surface area contributed by atoms with Gasteiger partial charge in [0.2, 0.25) is 6.08 Å². The van der Waals surface area contributed by atoms with Crippen molar-refractivity contribution < 1.29 is 18.0 Å². The van der Waals surface area contributed by atoms with E-state index in [1.54, 1.807) is 13.1 Å². The zero-order valence-electron chi connectivity index (χ0n) is 9.77. The van der Waals surface area contributed by atoms with Crippen LogP contribution in [0.2, 0.25) is 0 Å². The number of imidazole rings is 1. The second-order valence-corrected chi connectivity index (χ2v) is 3.86. The van der Waals surface area contributed by atoms with E-state index in [4.69, 9.17) is 0 Å². The highest BCUT2D eigenvalue weighted by Crippen LogP contribution is 2.33. The van der Waals surface area contributed by atoms with Gasteiger partial charge in [-0.05, 0) is 25.1 Å². The highest BCUT2D eigenvalue weighted by Gasteiger charge is 2.31. The molecular formula is C12H8F3N3O. The standard InChI is InChI=1S/C12H8F3N3O/c1-8-5-18(6-16-8)11-3-9(12(13,14)15)2-10(4-11)17-7-19/h2-6H,1H3. The minimum Gasteiger partial charge on any atom is -0.306 e. The van der Waals surface area contributed by atoms with Crippen LogP contribution in [-0.4, -0.2) is 15.6 Å². The Morgan fingerprint density at radius 1 is 1.32 bits per heavy atom. The summed E-state index contributed by atoms with van der Waals surface area (Å²) >= 11 is 0. The third-order valence-electron chi connectivity index (χ3n) is 2.41. The number of hydrogen-bond acceptors (Lipinski definition) is 3. The first kappa shape index (κ1) is 13.0. The van der Waals surface area contributed by atoms with Crippen molar-refractivity contribution in [1.82, 2.24) is 9.55 Å². The maximum absolute atomic E-state index is 12.7. The van der Waals surface area contributed by atoms with E-state index >= 15 is 0 Å². The molecule has 0 atom stereocenters. The number of halogens is 3. The van der Waals surface area contributed by atoms with Crippen molar-refractivity contribution in [3.63, 3.8) is 0 Å². The van der Waals surface area contributed by atoms with Crippen molar-refractivity contribution in [3.05, 3.63) is 42.0 Å². The number of isocyanates is 1. The Balaban J connectivity index is 2.60. The molecule has 0 fully saturated rings. The molecule has 0 spiro atoms. The van der Waals surface area contributed by atoms with Crippen molar-refractivity contribution in [2.75, 3.05) is 0 Å². The molecule has 1 aromatic heterocycles. The van der Waals surface area contributed by atoms with Crippen LogP contribution < -0.4 is 0 Å². The van der Waals surface area contributed by atoms with Crippen LogP contribution in [0.4, 0.5) is 18.9 Å². The first-order valence-electron chi connectivity index (χ1n) is 5.21. The molecule has 0 amide bonds. The summed E-state index contributed by atoms with van der Waals surface area (Å²) in [7, 11) is 0. The summed E-state index contributed by atoms with van der Waals surface area (Å²) in [6.45, 7) is 1.72. The lowest BCUT2D eigenvalue weighted by atomic mass is 10.1. The zero-order valence-corrected chi connectivity index (χ0v) is 9.77. The minimum atomic E-state index is -4.52. The normalized spacial score (nSPS) is 11.2. The van der Waals surface area contributed by atoms with Crippen LogP contribution in [0.1, 0.15) is 11.3 Å². The molecule has 2 rings (SSSR count). The van der Waals surface area contributed by atoms with E-state index in [1.165, 1.54) is 23.0 Å². The number of alkyl halides is 3. The van der Waals surface area contributed by atoms with Gasteiger partial charge in [0.05, 0.1) is 23.3 Å². The molecule has 98 valence electrons. The smallest absolute Gasteiger partial charge is 0.306 e. The predicted molar refractivity (Wildman–Crippen MR) is 61.1 cm³/mol. The second kappa shape index (κ2) is 4.70. The Morgan fingerprint density at radius 2 is 2.05 bits per heavy atom. The van der Waals surface area contributed by atoms with Gasteiger partial charge in [-0.2, -0.15) is 18.2 Å². The summed E-state index contributed by atoms with van der Waals surface area (Å²) in [6, 6.07) is 3.10. The summed E-state index contributed by atoms with van der Waals surface area (Å²) in [5.74, 6) is 0. The molecule has 19 heavy (non-hydrogen) atoms. The monoisotopic (exact) mass is 267 g/mol. The van der Waals surface area contributed by atoms with Gasteiger partial charge < -0.3 is 4.57 Å². The Bertz CT molecular complexity index is 654. The molecule has 0 saturated heterocycles. The molecule has 0 N–H and O–H groups in total. The maximum Gasteiger partial charge on any atom is 0.416 e. The molecule has 2 aromatic rings. The third-order valence-corrected chi connectivity index (χ3v) is 2.41. The molecule has 0 aliphatic carbocycles. The average molecular weight is 267 g/mol. The van der Waals surface area contributed by atoms with Gasteiger partial charge in [0.15, 0.2) is 0 Å². The number of aryl methyl sites for hydroxylation is 1. The van der Waals surface area contributed by atoms with Crippen molar-refractivity contribution in [1.29, 1.82) is 0 Å². The Morgan fingerprint density at radius 3 is 2.58 bits per heavy atom. The van der Waals surface area contributed by atoms with Crippen LogP contribution in [-0.2, 0) is 11.0 Å². The van der Waals surface area contributed by atoms with Crippen LogP contribution in [0, 0.1) is 6.92 Å². The van der Waals surface area contributed by atoms with Gasteiger partial charge >= 0.3 is 6.18 Å². The summed E-state index contributed by atoms with van der Waals surface area (Å²) in [5.41, 5.74) is -0.0983. The fourth-order valence-corrected chi connectivity index (χ4v) is 1.59. The number of rotatable bonds is 2. The third kappa shape index (κ3) is 2.89. The lowest BCUT2D eigenvalue weighted by molar-refractivity contribution is -0.137. The van der Waals surface area contributed by atoms with E-state index in [2.05, 4.69) is 9.98 Å². The maximum atomic E-state index is 12.7. The quantitative estimate of drug-likeness (QED) is 0.619. The zero-order chi connectivity index (χ0) is 14.0. The van der Waals surface area contributed by atoms with Crippen molar-refractivity contribution in [2.24, 2.45) is 4.99 Å². The molecule has 0 radical (unpaired) electrons. The van der Waals surface area contributed by atoms with E-state index in [0.29, 0.717) is 5.69 Å².